The van der Waals surface area contributed by atoms with E-state index in [1.54, 1.807) is 13.1 Å². The molecule has 2 aromatic rings. The van der Waals surface area contributed by atoms with Crippen molar-refractivity contribution >= 4 is 17.8 Å². The van der Waals surface area contributed by atoms with E-state index in [-0.39, 0.29) is 11.3 Å². The topological polar surface area (TPSA) is 102 Å². The first kappa shape index (κ1) is 16.3. The van der Waals surface area contributed by atoms with Crippen LogP contribution in [0.15, 0.2) is 29.5 Å². The van der Waals surface area contributed by atoms with Gasteiger partial charge in [0, 0.05) is 35.0 Å². The number of hydrogen-bond donors (Lipinski definition) is 1. The van der Waals surface area contributed by atoms with Gasteiger partial charge in [0.1, 0.15) is 0 Å². The highest BCUT2D eigenvalue weighted by Gasteiger charge is 2.14. The lowest BCUT2D eigenvalue weighted by atomic mass is 10.1. The molecule has 1 amide bonds. The summed E-state index contributed by atoms with van der Waals surface area (Å²) in [4.78, 5) is 22.4. The molecule has 0 bridgehead atoms. The van der Waals surface area contributed by atoms with Crippen molar-refractivity contribution in [1.82, 2.24) is 15.2 Å². The van der Waals surface area contributed by atoms with Crippen LogP contribution in [-0.4, -0.2) is 26.8 Å². The first-order chi connectivity index (χ1) is 10.9. The smallest absolute Gasteiger partial charge is 0.269 e. The summed E-state index contributed by atoms with van der Waals surface area (Å²) in [6.07, 6.45) is 3.15. The van der Waals surface area contributed by atoms with Gasteiger partial charge in [0.2, 0.25) is 0 Å². The predicted octanol–water partition coefficient (Wildman–Crippen LogP) is 2.19. The minimum absolute atomic E-state index is 0.0957. The number of nitro groups is 1. The first-order valence-electron chi connectivity index (χ1n) is 7.05. The van der Waals surface area contributed by atoms with Crippen LogP contribution in [0.3, 0.4) is 0 Å². The number of carbonyl (C=O) groups is 1. The molecule has 8 heteroatoms. The Bertz CT molecular complexity index is 779. The van der Waals surface area contributed by atoms with E-state index in [1.807, 2.05) is 18.5 Å². The first-order valence-corrected chi connectivity index (χ1v) is 7.05. The zero-order valence-electron chi connectivity index (χ0n) is 13.1. The highest BCUT2D eigenvalue weighted by atomic mass is 16.6. The summed E-state index contributed by atoms with van der Waals surface area (Å²) in [7, 11) is 0. The molecule has 0 fully saturated rings. The Morgan fingerprint density at radius 1 is 1.48 bits per heavy atom. The molecule has 2 rings (SSSR count). The van der Waals surface area contributed by atoms with Gasteiger partial charge in [-0.15, -0.1) is 0 Å². The van der Waals surface area contributed by atoms with Crippen LogP contribution >= 0.6 is 0 Å². The fraction of sp³-hybridized carbons (Fsp3) is 0.267. The summed E-state index contributed by atoms with van der Waals surface area (Å²) in [5.74, 6) is -0.509. The lowest BCUT2D eigenvalue weighted by Crippen LogP contribution is -2.18. The predicted molar refractivity (Wildman–Crippen MR) is 85.5 cm³/mol. The van der Waals surface area contributed by atoms with Crippen LogP contribution in [0.4, 0.5) is 5.69 Å². The van der Waals surface area contributed by atoms with Gasteiger partial charge in [-0.05, 0) is 26.8 Å². The van der Waals surface area contributed by atoms with Gasteiger partial charge >= 0.3 is 0 Å². The van der Waals surface area contributed by atoms with Crippen molar-refractivity contribution in [2.45, 2.75) is 27.3 Å². The van der Waals surface area contributed by atoms with Crippen LogP contribution in [0, 0.1) is 24.0 Å². The Morgan fingerprint density at radius 2 is 2.22 bits per heavy atom. The largest absolute Gasteiger partial charge is 0.273 e. The molecule has 0 saturated heterocycles. The molecule has 1 N–H and O–H groups in total. The second kappa shape index (κ2) is 6.82. The summed E-state index contributed by atoms with van der Waals surface area (Å²) in [6, 6.07) is 4.29. The number of aryl methyl sites for hydroxylation is 2. The number of hydrazone groups is 1. The summed E-state index contributed by atoms with van der Waals surface area (Å²) in [5.41, 5.74) is 4.68. The molecule has 23 heavy (non-hydrogen) atoms. The van der Waals surface area contributed by atoms with Crippen LogP contribution in [0.2, 0.25) is 0 Å². The summed E-state index contributed by atoms with van der Waals surface area (Å²) < 4.78 is 1.81. The van der Waals surface area contributed by atoms with Gasteiger partial charge in [0.25, 0.3) is 11.6 Å². The van der Waals surface area contributed by atoms with E-state index < -0.39 is 10.8 Å². The van der Waals surface area contributed by atoms with Gasteiger partial charge in [-0.25, -0.2) is 5.43 Å². The summed E-state index contributed by atoms with van der Waals surface area (Å²) >= 11 is 0. The standard InChI is InChI=1S/C15H17N5O3/c1-4-19-11(3)13(9-17-19)8-16-18-15(21)12-6-5-10(2)14(7-12)20(22)23/h5-9H,4H2,1-3H3,(H,18,21)/b16-8-. The monoisotopic (exact) mass is 315 g/mol. The third kappa shape index (κ3) is 3.60. The Kier molecular flexibility index (Phi) is 4.85. The molecule has 0 atom stereocenters. The van der Waals surface area contributed by atoms with E-state index in [4.69, 9.17) is 0 Å². The van der Waals surface area contributed by atoms with Crippen LogP contribution in [0.25, 0.3) is 0 Å². The number of benzene rings is 1. The Morgan fingerprint density at radius 3 is 2.83 bits per heavy atom. The van der Waals surface area contributed by atoms with Gasteiger partial charge in [0.15, 0.2) is 0 Å². The average molecular weight is 315 g/mol. The minimum atomic E-state index is -0.516. The van der Waals surface area contributed by atoms with Crippen molar-refractivity contribution in [3.8, 4) is 0 Å². The summed E-state index contributed by atoms with van der Waals surface area (Å²) in [6.45, 7) is 6.25. The van der Waals surface area contributed by atoms with Crippen LogP contribution in [0.5, 0.6) is 0 Å². The van der Waals surface area contributed by atoms with Crippen LogP contribution < -0.4 is 5.43 Å². The van der Waals surface area contributed by atoms with Gasteiger partial charge in [-0.2, -0.15) is 10.2 Å². The molecule has 1 heterocycles. The average Bonchev–Trinajstić information content (AvgIpc) is 2.87. The van der Waals surface area contributed by atoms with Gasteiger partial charge in [-0.3, -0.25) is 19.6 Å². The lowest BCUT2D eigenvalue weighted by molar-refractivity contribution is -0.385. The quantitative estimate of drug-likeness (QED) is 0.519. The highest BCUT2D eigenvalue weighted by molar-refractivity contribution is 5.95. The number of carbonyl (C=O) groups excluding carboxylic acids is 1. The van der Waals surface area contributed by atoms with E-state index in [0.717, 1.165) is 17.8 Å². The maximum Gasteiger partial charge on any atom is 0.273 e. The van der Waals surface area contributed by atoms with E-state index in [1.165, 1.54) is 24.4 Å². The van der Waals surface area contributed by atoms with Crippen molar-refractivity contribution in [3.05, 3.63) is 56.9 Å². The second-order valence-corrected chi connectivity index (χ2v) is 4.96. The van der Waals surface area contributed by atoms with Crippen molar-refractivity contribution in [1.29, 1.82) is 0 Å². The van der Waals surface area contributed by atoms with Crippen molar-refractivity contribution in [2.75, 3.05) is 0 Å². The molecule has 1 aromatic heterocycles. The lowest BCUT2D eigenvalue weighted by Gasteiger charge is -2.02. The molecule has 0 spiro atoms. The maximum atomic E-state index is 12.0. The number of hydrogen-bond acceptors (Lipinski definition) is 5. The Balaban J connectivity index is 2.10. The normalized spacial score (nSPS) is 10.9. The molecule has 0 radical (unpaired) electrons. The fourth-order valence-electron chi connectivity index (χ4n) is 2.08. The van der Waals surface area contributed by atoms with Crippen molar-refractivity contribution < 1.29 is 9.72 Å². The van der Waals surface area contributed by atoms with E-state index in [2.05, 4.69) is 15.6 Å². The number of amides is 1. The van der Waals surface area contributed by atoms with Crippen LogP contribution in [0.1, 0.15) is 34.1 Å². The molecule has 0 saturated carbocycles. The van der Waals surface area contributed by atoms with Crippen molar-refractivity contribution in [3.63, 3.8) is 0 Å². The number of nitro benzene ring substituents is 1. The number of aromatic nitrogens is 2. The highest BCUT2D eigenvalue weighted by Crippen LogP contribution is 2.19. The molecule has 0 aliphatic heterocycles. The zero-order chi connectivity index (χ0) is 17.0. The van der Waals surface area contributed by atoms with Gasteiger partial charge in [0.05, 0.1) is 17.3 Å². The molecule has 1 aromatic carbocycles. The van der Waals surface area contributed by atoms with Gasteiger partial charge in [-0.1, -0.05) is 6.07 Å². The third-order valence-electron chi connectivity index (χ3n) is 3.48. The number of nitrogens with zero attached hydrogens (tertiary/aromatic N) is 4. The molecule has 8 nitrogen and oxygen atoms in total. The fourth-order valence-corrected chi connectivity index (χ4v) is 2.08. The third-order valence-corrected chi connectivity index (χ3v) is 3.48. The zero-order valence-corrected chi connectivity index (χ0v) is 13.1. The molecule has 0 aliphatic rings. The molecule has 120 valence electrons. The molecule has 0 unspecified atom stereocenters. The minimum Gasteiger partial charge on any atom is -0.269 e. The molecular formula is C15H17N5O3. The second-order valence-electron chi connectivity index (χ2n) is 4.96. The molecular weight excluding hydrogens is 298 g/mol. The Hall–Kier alpha value is -3.03. The van der Waals surface area contributed by atoms with E-state index >= 15 is 0 Å². The van der Waals surface area contributed by atoms with Gasteiger partial charge < -0.3 is 0 Å². The summed E-state index contributed by atoms with van der Waals surface area (Å²) in [5, 5.41) is 18.9. The SMILES string of the molecule is CCn1ncc(/C=N\NC(=O)c2ccc(C)c([N+](=O)[O-])c2)c1C. The Labute approximate surface area is 133 Å². The molecule has 0 aliphatic carbocycles. The number of nitrogens with one attached hydrogen (secondary N) is 1. The number of rotatable bonds is 5. The van der Waals surface area contributed by atoms with Crippen molar-refractivity contribution in [2.24, 2.45) is 5.10 Å². The van der Waals surface area contributed by atoms with Crippen LogP contribution in [-0.2, 0) is 6.54 Å². The van der Waals surface area contributed by atoms with E-state index in [9.17, 15) is 14.9 Å². The maximum absolute atomic E-state index is 12.0. The van der Waals surface area contributed by atoms with E-state index in [0.29, 0.717) is 5.56 Å².